The number of primary amides is 1. The molecule has 3 amide bonds. The van der Waals surface area contributed by atoms with Crippen LogP contribution in [0.2, 0.25) is 0 Å². The second-order valence-corrected chi connectivity index (χ2v) is 5.47. The van der Waals surface area contributed by atoms with E-state index in [1.165, 1.54) is 4.90 Å². The maximum atomic E-state index is 12.1. The molecule has 0 heterocycles. The summed E-state index contributed by atoms with van der Waals surface area (Å²) in [7, 11) is 0. The molecule has 2 aromatic carbocycles. The average Bonchev–Trinajstić information content (AvgIpc) is 2.57. The molecule has 0 saturated carbocycles. The molecule has 0 atom stereocenters. The number of hydrogen-bond donors (Lipinski definition) is 2. The first kappa shape index (κ1) is 17.5. The van der Waals surface area contributed by atoms with Crippen LogP contribution < -0.4 is 11.1 Å². The first-order chi connectivity index (χ1) is 11.5. The predicted octanol–water partition coefficient (Wildman–Crippen LogP) is 0.832. The second kappa shape index (κ2) is 8.10. The van der Waals surface area contributed by atoms with Gasteiger partial charge in [-0.1, -0.05) is 42.5 Å². The summed E-state index contributed by atoms with van der Waals surface area (Å²) in [5.41, 5.74) is 6.00. The summed E-state index contributed by atoms with van der Waals surface area (Å²) < 4.78 is 0. The van der Waals surface area contributed by atoms with Gasteiger partial charge in [0.05, 0.1) is 19.5 Å². The number of carbonyl (C=O) groups excluding carboxylic acids is 3. The fourth-order valence-electron chi connectivity index (χ4n) is 2.53. The van der Waals surface area contributed by atoms with Crippen molar-refractivity contribution in [3.8, 4) is 0 Å². The lowest BCUT2D eigenvalue weighted by Crippen LogP contribution is -2.44. The summed E-state index contributed by atoms with van der Waals surface area (Å²) in [6.45, 7) is 1.82. The molecule has 0 aliphatic rings. The van der Waals surface area contributed by atoms with Crippen molar-refractivity contribution in [3.05, 3.63) is 48.0 Å². The molecule has 0 aliphatic carbocycles. The molecule has 0 aliphatic heterocycles. The van der Waals surface area contributed by atoms with Gasteiger partial charge >= 0.3 is 0 Å². The van der Waals surface area contributed by atoms with Gasteiger partial charge < -0.3 is 16.0 Å². The molecule has 24 heavy (non-hydrogen) atoms. The molecular formula is C18H21N3O3. The molecule has 6 heteroatoms. The van der Waals surface area contributed by atoms with Crippen LogP contribution in [0.5, 0.6) is 0 Å². The lowest BCUT2D eigenvalue weighted by molar-refractivity contribution is -0.135. The number of nitrogens with zero attached hydrogens (tertiary/aromatic N) is 1. The van der Waals surface area contributed by atoms with Crippen LogP contribution in [0.1, 0.15) is 12.5 Å². The van der Waals surface area contributed by atoms with Crippen molar-refractivity contribution in [2.45, 2.75) is 13.3 Å². The van der Waals surface area contributed by atoms with Crippen molar-refractivity contribution >= 4 is 28.5 Å². The minimum Gasteiger partial charge on any atom is -0.368 e. The molecule has 0 fully saturated rings. The predicted molar refractivity (Wildman–Crippen MR) is 92.1 cm³/mol. The maximum Gasteiger partial charge on any atom is 0.242 e. The van der Waals surface area contributed by atoms with Crippen LogP contribution in [-0.2, 0) is 20.8 Å². The summed E-state index contributed by atoms with van der Waals surface area (Å²) in [5.74, 6) is -1.15. The second-order valence-electron chi connectivity index (χ2n) is 5.47. The minimum atomic E-state index is -0.577. The van der Waals surface area contributed by atoms with E-state index in [4.69, 9.17) is 5.73 Å². The largest absolute Gasteiger partial charge is 0.368 e. The van der Waals surface area contributed by atoms with Crippen LogP contribution in [0.15, 0.2) is 42.5 Å². The Kier molecular flexibility index (Phi) is 5.89. The topological polar surface area (TPSA) is 92.5 Å². The Bertz CT molecular complexity index is 753. The Morgan fingerprint density at radius 1 is 1.08 bits per heavy atom. The van der Waals surface area contributed by atoms with E-state index in [0.29, 0.717) is 6.54 Å². The van der Waals surface area contributed by atoms with Gasteiger partial charge in [-0.15, -0.1) is 0 Å². The fraction of sp³-hybridized carbons (Fsp3) is 0.278. The molecule has 2 rings (SSSR count). The van der Waals surface area contributed by atoms with Gasteiger partial charge in [0.25, 0.3) is 0 Å². The first-order valence-electron chi connectivity index (χ1n) is 7.80. The van der Waals surface area contributed by atoms with E-state index in [-0.39, 0.29) is 31.3 Å². The number of hydrogen-bond acceptors (Lipinski definition) is 3. The summed E-state index contributed by atoms with van der Waals surface area (Å²) in [5, 5.41) is 4.69. The SMILES string of the molecule is CCN(CC(N)=O)C(=O)CNC(=O)Cc1cccc2ccccc12. The van der Waals surface area contributed by atoms with Crippen molar-refractivity contribution in [2.24, 2.45) is 5.73 Å². The molecule has 2 aromatic rings. The van der Waals surface area contributed by atoms with E-state index in [1.54, 1.807) is 6.92 Å². The van der Waals surface area contributed by atoms with Gasteiger partial charge in [-0.25, -0.2) is 0 Å². The number of carbonyl (C=O) groups is 3. The molecule has 0 radical (unpaired) electrons. The van der Waals surface area contributed by atoms with Gasteiger partial charge in [-0.3, -0.25) is 14.4 Å². The third kappa shape index (κ3) is 4.55. The molecule has 0 saturated heterocycles. The Balaban J connectivity index is 1.95. The highest BCUT2D eigenvalue weighted by molar-refractivity contribution is 5.92. The number of fused-ring (bicyclic) bond motifs is 1. The van der Waals surface area contributed by atoms with Crippen molar-refractivity contribution in [1.82, 2.24) is 10.2 Å². The number of benzene rings is 2. The van der Waals surface area contributed by atoms with E-state index in [0.717, 1.165) is 16.3 Å². The van der Waals surface area contributed by atoms with Crippen molar-refractivity contribution in [3.63, 3.8) is 0 Å². The van der Waals surface area contributed by atoms with Crippen LogP contribution in [0.25, 0.3) is 10.8 Å². The van der Waals surface area contributed by atoms with Gasteiger partial charge in [0, 0.05) is 6.54 Å². The van der Waals surface area contributed by atoms with Crippen LogP contribution in [0, 0.1) is 0 Å². The minimum absolute atomic E-state index is 0.144. The third-order valence-corrected chi connectivity index (χ3v) is 3.75. The van der Waals surface area contributed by atoms with E-state index in [9.17, 15) is 14.4 Å². The summed E-state index contributed by atoms with van der Waals surface area (Å²) in [6, 6.07) is 13.6. The highest BCUT2D eigenvalue weighted by Crippen LogP contribution is 2.18. The monoisotopic (exact) mass is 327 g/mol. The van der Waals surface area contributed by atoms with Crippen LogP contribution >= 0.6 is 0 Å². The Morgan fingerprint density at radius 2 is 1.79 bits per heavy atom. The van der Waals surface area contributed by atoms with E-state index < -0.39 is 5.91 Å². The van der Waals surface area contributed by atoms with E-state index >= 15 is 0 Å². The summed E-state index contributed by atoms with van der Waals surface area (Å²) >= 11 is 0. The first-order valence-corrected chi connectivity index (χ1v) is 7.80. The van der Waals surface area contributed by atoms with Gasteiger partial charge in [-0.2, -0.15) is 0 Å². The van der Waals surface area contributed by atoms with Crippen LogP contribution in [-0.4, -0.2) is 42.3 Å². The number of likely N-dealkylation sites (N-methyl/N-ethyl adjacent to an activating group) is 1. The number of rotatable bonds is 7. The molecule has 0 bridgehead atoms. The molecule has 6 nitrogen and oxygen atoms in total. The van der Waals surface area contributed by atoms with Crippen molar-refractivity contribution in [1.29, 1.82) is 0 Å². The highest BCUT2D eigenvalue weighted by Gasteiger charge is 2.15. The van der Waals surface area contributed by atoms with Gasteiger partial charge in [-0.05, 0) is 23.3 Å². The quantitative estimate of drug-likeness (QED) is 0.789. The van der Waals surface area contributed by atoms with E-state index in [1.807, 2.05) is 42.5 Å². The zero-order valence-corrected chi connectivity index (χ0v) is 13.6. The van der Waals surface area contributed by atoms with Crippen molar-refractivity contribution < 1.29 is 14.4 Å². The average molecular weight is 327 g/mol. The molecule has 3 N–H and O–H groups in total. The standard InChI is InChI=1S/C18H21N3O3/c1-2-21(12-16(19)22)18(24)11-20-17(23)10-14-8-5-7-13-6-3-4-9-15(13)14/h3-9H,2,10-12H2,1H3,(H2,19,22)(H,20,23). The van der Waals surface area contributed by atoms with Gasteiger partial charge in [0.2, 0.25) is 17.7 Å². The van der Waals surface area contributed by atoms with Crippen LogP contribution in [0.4, 0.5) is 0 Å². The van der Waals surface area contributed by atoms with Gasteiger partial charge in [0.1, 0.15) is 0 Å². The third-order valence-electron chi connectivity index (χ3n) is 3.75. The number of nitrogens with two attached hydrogens (primary N) is 1. The molecule has 0 spiro atoms. The smallest absolute Gasteiger partial charge is 0.242 e. The number of nitrogens with one attached hydrogen (secondary N) is 1. The van der Waals surface area contributed by atoms with Crippen LogP contribution in [0.3, 0.4) is 0 Å². The molecule has 0 aromatic heterocycles. The molecule has 126 valence electrons. The summed E-state index contributed by atoms with van der Waals surface area (Å²) in [6.07, 6.45) is 0.191. The fourth-order valence-corrected chi connectivity index (χ4v) is 2.53. The maximum absolute atomic E-state index is 12.1. The lowest BCUT2D eigenvalue weighted by atomic mass is 10.0. The number of amides is 3. The van der Waals surface area contributed by atoms with E-state index in [2.05, 4.69) is 5.32 Å². The highest BCUT2D eigenvalue weighted by atomic mass is 16.2. The van der Waals surface area contributed by atoms with Crippen molar-refractivity contribution in [2.75, 3.05) is 19.6 Å². The Morgan fingerprint density at radius 3 is 2.50 bits per heavy atom. The Hall–Kier alpha value is -2.89. The zero-order valence-electron chi connectivity index (χ0n) is 13.6. The van der Waals surface area contributed by atoms with Gasteiger partial charge in [0.15, 0.2) is 0 Å². The summed E-state index contributed by atoms with van der Waals surface area (Å²) in [4.78, 5) is 36.3. The lowest BCUT2D eigenvalue weighted by Gasteiger charge is -2.19. The normalized spacial score (nSPS) is 10.4. The molecular weight excluding hydrogens is 306 g/mol. The zero-order chi connectivity index (χ0) is 17.5. The Labute approximate surface area is 140 Å². The molecule has 0 unspecified atom stereocenters.